The van der Waals surface area contributed by atoms with Crippen molar-refractivity contribution in [1.82, 2.24) is 20.9 Å². The lowest BCUT2D eigenvalue weighted by Gasteiger charge is -2.37. The molecule has 0 bridgehead atoms. The Kier molecular flexibility index (Phi) is 12.1. The Morgan fingerprint density at radius 2 is 2.11 bits per heavy atom. The number of halogens is 1. The van der Waals surface area contributed by atoms with Crippen LogP contribution in [0.3, 0.4) is 0 Å². The molecule has 4 unspecified atom stereocenters. The Morgan fingerprint density at radius 3 is 2.83 bits per heavy atom. The van der Waals surface area contributed by atoms with E-state index in [4.69, 9.17) is 21.1 Å². The molecular weight excluding hydrogens is 484 g/mol. The van der Waals surface area contributed by atoms with E-state index in [1.54, 1.807) is 0 Å². The quantitative estimate of drug-likeness (QED) is 0.382. The minimum Gasteiger partial charge on any atom is -0.453 e. The number of likely N-dealkylation sites (tertiary alicyclic amines) is 1. The summed E-state index contributed by atoms with van der Waals surface area (Å²) in [5.74, 6) is 0.650. The molecule has 9 nitrogen and oxygen atoms in total. The SMILES string of the molecule is CNC(CNC(=O)N1CCCC(C(OCCNC(=O)OC)c2cccc(Cl)c2)C1)CC1CCCOC1. The van der Waals surface area contributed by atoms with Crippen LogP contribution in [0.4, 0.5) is 9.59 Å². The van der Waals surface area contributed by atoms with Crippen LogP contribution in [0.1, 0.15) is 43.8 Å². The fourth-order valence-corrected chi connectivity index (χ4v) is 5.26. The molecule has 10 heteroatoms. The molecule has 0 aliphatic carbocycles. The number of rotatable bonds is 11. The van der Waals surface area contributed by atoms with Crippen molar-refractivity contribution < 1.29 is 23.8 Å². The van der Waals surface area contributed by atoms with E-state index in [0.29, 0.717) is 37.2 Å². The van der Waals surface area contributed by atoms with E-state index in [0.717, 1.165) is 51.0 Å². The number of amides is 3. The minimum absolute atomic E-state index is 0.0444. The van der Waals surface area contributed by atoms with Crippen LogP contribution in [-0.4, -0.2) is 83.2 Å². The maximum Gasteiger partial charge on any atom is 0.406 e. The Balaban J connectivity index is 1.56. The van der Waals surface area contributed by atoms with E-state index >= 15 is 0 Å². The fourth-order valence-electron chi connectivity index (χ4n) is 5.06. The van der Waals surface area contributed by atoms with E-state index in [2.05, 4.69) is 20.7 Å². The Bertz CT molecular complexity index is 823. The molecule has 2 aliphatic rings. The Labute approximate surface area is 219 Å². The van der Waals surface area contributed by atoms with Crippen molar-refractivity contribution in [1.29, 1.82) is 0 Å². The van der Waals surface area contributed by atoms with Gasteiger partial charge in [-0.05, 0) is 62.8 Å². The fraction of sp³-hybridized carbons (Fsp3) is 0.692. The normalized spacial score (nSPS) is 21.9. The summed E-state index contributed by atoms with van der Waals surface area (Å²) in [5, 5.41) is 9.76. The topological polar surface area (TPSA) is 101 Å². The van der Waals surface area contributed by atoms with Crippen LogP contribution >= 0.6 is 11.6 Å². The number of hydrogen-bond donors (Lipinski definition) is 3. The zero-order chi connectivity index (χ0) is 25.8. The van der Waals surface area contributed by atoms with Gasteiger partial charge in [-0.25, -0.2) is 9.59 Å². The van der Waals surface area contributed by atoms with Gasteiger partial charge in [-0.1, -0.05) is 23.7 Å². The van der Waals surface area contributed by atoms with Crippen LogP contribution in [0.25, 0.3) is 0 Å². The third-order valence-electron chi connectivity index (χ3n) is 6.99. The third-order valence-corrected chi connectivity index (χ3v) is 7.22. The van der Waals surface area contributed by atoms with E-state index in [1.807, 2.05) is 36.2 Å². The molecule has 36 heavy (non-hydrogen) atoms. The van der Waals surface area contributed by atoms with Crippen molar-refractivity contribution in [3.05, 3.63) is 34.9 Å². The predicted molar refractivity (Wildman–Crippen MR) is 139 cm³/mol. The first kappa shape index (κ1) is 28.5. The first-order valence-electron chi connectivity index (χ1n) is 13.0. The lowest BCUT2D eigenvalue weighted by molar-refractivity contribution is -0.00851. The number of methoxy groups -OCH3 is 1. The van der Waals surface area contributed by atoms with Gasteiger partial charge in [0, 0.05) is 56.4 Å². The number of urea groups is 1. The van der Waals surface area contributed by atoms with Gasteiger partial charge in [0.1, 0.15) is 0 Å². The highest BCUT2D eigenvalue weighted by molar-refractivity contribution is 6.30. The van der Waals surface area contributed by atoms with Gasteiger partial charge in [0.15, 0.2) is 0 Å². The van der Waals surface area contributed by atoms with Crippen LogP contribution < -0.4 is 16.0 Å². The summed E-state index contributed by atoms with van der Waals surface area (Å²) in [5.41, 5.74) is 0.970. The molecule has 1 aromatic rings. The maximum absolute atomic E-state index is 13.1. The van der Waals surface area contributed by atoms with Gasteiger partial charge in [-0.15, -0.1) is 0 Å². The van der Waals surface area contributed by atoms with Crippen LogP contribution in [0.5, 0.6) is 0 Å². The average molecular weight is 525 g/mol. The number of nitrogens with zero attached hydrogens (tertiary/aromatic N) is 1. The summed E-state index contributed by atoms with van der Waals surface area (Å²) in [4.78, 5) is 26.3. The molecule has 202 valence electrons. The van der Waals surface area contributed by atoms with Gasteiger partial charge in [0.2, 0.25) is 0 Å². The van der Waals surface area contributed by atoms with Crippen molar-refractivity contribution in [2.75, 3.05) is 60.2 Å². The lowest BCUT2D eigenvalue weighted by atomic mass is 9.88. The summed E-state index contributed by atoms with van der Waals surface area (Å²) in [6.45, 7) is 4.21. The number of ether oxygens (including phenoxy) is 3. The van der Waals surface area contributed by atoms with E-state index in [-0.39, 0.29) is 24.1 Å². The number of nitrogens with one attached hydrogen (secondary N) is 3. The summed E-state index contributed by atoms with van der Waals surface area (Å²) in [6, 6.07) is 7.81. The highest BCUT2D eigenvalue weighted by Crippen LogP contribution is 2.34. The van der Waals surface area contributed by atoms with Gasteiger partial charge in [0.25, 0.3) is 0 Å². The number of likely N-dealkylation sites (N-methyl/N-ethyl adjacent to an activating group) is 1. The standard InChI is InChI=1S/C26H41ClN4O5/c1-28-23(14-19-6-5-12-35-18-19)16-30-25(32)31-11-4-8-21(17-31)24(20-7-3-9-22(27)15-20)36-13-10-29-26(33)34-2/h3,7,9,15,19,21,23-24,28H,4-6,8,10-14,16-18H2,1-2H3,(H,29,33)(H,30,32). The molecule has 3 rings (SSSR count). The first-order valence-corrected chi connectivity index (χ1v) is 13.3. The number of carbonyl (C=O) groups excluding carboxylic acids is 2. The van der Waals surface area contributed by atoms with Gasteiger partial charge in [-0.2, -0.15) is 0 Å². The molecule has 1 aromatic carbocycles. The maximum atomic E-state index is 13.1. The van der Waals surface area contributed by atoms with Crippen LogP contribution in [0.2, 0.25) is 5.02 Å². The molecule has 2 fully saturated rings. The monoisotopic (exact) mass is 524 g/mol. The summed E-state index contributed by atoms with van der Waals surface area (Å²) in [6.07, 6.45) is 4.38. The number of carbonyl (C=O) groups is 2. The highest BCUT2D eigenvalue weighted by atomic mass is 35.5. The smallest absolute Gasteiger partial charge is 0.406 e. The molecule has 2 heterocycles. The molecule has 0 saturated carbocycles. The molecule has 3 amide bonds. The molecule has 2 saturated heterocycles. The van der Waals surface area contributed by atoms with Gasteiger partial charge in [-0.3, -0.25) is 0 Å². The number of hydrogen-bond acceptors (Lipinski definition) is 6. The van der Waals surface area contributed by atoms with Crippen LogP contribution in [0, 0.1) is 11.8 Å². The Morgan fingerprint density at radius 1 is 1.25 bits per heavy atom. The average Bonchev–Trinajstić information content (AvgIpc) is 2.91. The zero-order valence-electron chi connectivity index (χ0n) is 21.5. The molecular formula is C26H41ClN4O5. The second-order valence-electron chi connectivity index (χ2n) is 9.60. The summed E-state index contributed by atoms with van der Waals surface area (Å²) >= 11 is 6.27. The second-order valence-corrected chi connectivity index (χ2v) is 10.0. The van der Waals surface area contributed by atoms with E-state index in [9.17, 15) is 9.59 Å². The second kappa shape index (κ2) is 15.2. The van der Waals surface area contributed by atoms with Crippen molar-refractivity contribution in [3.63, 3.8) is 0 Å². The van der Waals surface area contributed by atoms with Gasteiger partial charge >= 0.3 is 12.1 Å². The molecule has 3 N–H and O–H groups in total. The predicted octanol–water partition coefficient (Wildman–Crippen LogP) is 3.58. The highest BCUT2D eigenvalue weighted by Gasteiger charge is 2.31. The van der Waals surface area contributed by atoms with Crippen molar-refractivity contribution in [2.45, 2.75) is 44.2 Å². The molecule has 0 spiro atoms. The minimum atomic E-state index is -0.491. The van der Waals surface area contributed by atoms with Crippen molar-refractivity contribution in [2.24, 2.45) is 11.8 Å². The molecule has 0 aromatic heterocycles. The van der Waals surface area contributed by atoms with Crippen molar-refractivity contribution >= 4 is 23.7 Å². The summed E-state index contributed by atoms with van der Waals surface area (Å²) < 4.78 is 16.5. The number of alkyl carbamates (subject to hydrolysis) is 1. The molecule has 0 radical (unpaired) electrons. The van der Waals surface area contributed by atoms with E-state index in [1.165, 1.54) is 13.5 Å². The Hall–Kier alpha value is -2.07. The number of piperidine rings is 1. The van der Waals surface area contributed by atoms with Crippen LogP contribution in [0.15, 0.2) is 24.3 Å². The molecule has 4 atom stereocenters. The summed E-state index contributed by atoms with van der Waals surface area (Å²) in [7, 11) is 3.27. The molecule has 2 aliphatic heterocycles. The zero-order valence-corrected chi connectivity index (χ0v) is 22.2. The largest absolute Gasteiger partial charge is 0.453 e. The third kappa shape index (κ3) is 9.10. The van der Waals surface area contributed by atoms with Gasteiger partial charge in [0.05, 0.1) is 19.8 Å². The number of benzene rings is 1. The van der Waals surface area contributed by atoms with Crippen LogP contribution in [-0.2, 0) is 14.2 Å². The van der Waals surface area contributed by atoms with Crippen molar-refractivity contribution in [3.8, 4) is 0 Å². The van der Waals surface area contributed by atoms with Gasteiger partial charge < -0.3 is 35.1 Å². The lowest BCUT2D eigenvalue weighted by Crippen LogP contribution is -2.50. The van der Waals surface area contributed by atoms with E-state index < -0.39 is 6.09 Å². The first-order chi connectivity index (χ1) is 17.5.